The van der Waals surface area contributed by atoms with Gasteiger partial charge in [0.2, 0.25) is 0 Å². The minimum absolute atomic E-state index is 0.310. The highest BCUT2D eigenvalue weighted by Gasteiger charge is 2.19. The van der Waals surface area contributed by atoms with Crippen LogP contribution in [-0.4, -0.2) is 24.5 Å². The highest BCUT2D eigenvalue weighted by molar-refractivity contribution is 5.85. The molecule has 0 saturated heterocycles. The molecule has 0 radical (unpaired) electrons. The van der Waals surface area contributed by atoms with E-state index in [9.17, 15) is 4.39 Å². The summed E-state index contributed by atoms with van der Waals surface area (Å²) < 4.78 is 15.7. The number of nitrogens with two attached hydrogens (primary N) is 1. The molecule has 0 aliphatic carbocycles. The molecule has 0 spiro atoms. The van der Waals surface area contributed by atoms with Gasteiger partial charge in [0.1, 0.15) is 17.5 Å². The fraction of sp³-hybridized carbons (Fsp3) is 0.200. The molecular weight excluding hydrogens is 357 g/mol. The Balaban J connectivity index is 1.70. The molecule has 1 aliphatic heterocycles. The van der Waals surface area contributed by atoms with Crippen molar-refractivity contribution in [2.24, 2.45) is 0 Å². The molecule has 5 rings (SSSR count). The van der Waals surface area contributed by atoms with E-state index in [-0.39, 0.29) is 0 Å². The Labute approximate surface area is 160 Å². The normalized spacial score (nSPS) is 13.2. The fourth-order valence-electron chi connectivity index (χ4n) is 3.67. The van der Waals surface area contributed by atoms with Gasteiger partial charge in [-0.05, 0) is 29.7 Å². The molecule has 0 amide bonds. The summed E-state index contributed by atoms with van der Waals surface area (Å²) in [5, 5.41) is 3.36. The third-order valence-corrected chi connectivity index (χ3v) is 4.94. The van der Waals surface area contributed by atoms with Crippen LogP contribution in [0, 0.1) is 12.7 Å². The topological polar surface area (TPSA) is 94.5 Å². The second-order valence-electron chi connectivity index (χ2n) is 6.95. The van der Waals surface area contributed by atoms with Crippen LogP contribution in [0.3, 0.4) is 0 Å². The van der Waals surface area contributed by atoms with Crippen molar-refractivity contribution in [3.05, 3.63) is 65.0 Å². The number of anilines is 1. The molecule has 1 aliphatic rings. The SMILES string of the molecule is Cc1nc(N)c2nc(-c3cncc(F)c3)n(Cc3ccc4c(c3)CNC4)c2n1. The number of nitrogens with zero attached hydrogens (tertiary/aromatic N) is 5. The van der Waals surface area contributed by atoms with Crippen molar-refractivity contribution in [1.82, 2.24) is 29.8 Å². The molecule has 7 nitrogen and oxygen atoms in total. The first-order valence-corrected chi connectivity index (χ1v) is 9.01. The molecule has 8 heteroatoms. The highest BCUT2D eigenvalue weighted by atomic mass is 19.1. The van der Waals surface area contributed by atoms with Gasteiger partial charge in [-0.25, -0.2) is 19.3 Å². The Hall–Kier alpha value is -3.39. The maximum Gasteiger partial charge on any atom is 0.166 e. The molecule has 0 atom stereocenters. The Bertz CT molecular complexity index is 1210. The molecule has 4 aromatic rings. The third kappa shape index (κ3) is 2.78. The first-order valence-electron chi connectivity index (χ1n) is 9.01. The summed E-state index contributed by atoms with van der Waals surface area (Å²) in [6, 6.07) is 7.84. The van der Waals surface area contributed by atoms with E-state index in [4.69, 9.17) is 5.73 Å². The summed E-state index contributed by atoms with van der Waals surface area (Å²) in [7, 11) is 0. The second-order valence-corrected chi connectivity index (χ2v) is 6.95. The molecule has 28 heavy (non-hydrogen) atoms. The van der Waals surface area contributed by atoms with Gasteiger partial charge >= 0.3 is 0 Å². The highest BCUT2D eigenvalue weighted by Crippen LogP contribution is 2.28. The number of fused-ring (bicyclic) bond motifs is 2. The van der Waals surface area contributed by atoms with Crippen molar-refractivity contribution in [3.63, 3.8) is 0 Å². The number of imidazole rings is 1. The lowest BCUT2D eigenvalue weighted by Gasteiger charge is -2.10. The van der Waals surface area contributed by atoms with Gasteiger partial charge < -0.3 is 15.6 Å². The smallest absolute Gasteiger partial charge is 0.166 e. The van der Waals surface area contributed by atoms with E-state index in [0.717, 1.165) is 18.7 Å². The van der Waals surface area contributed by atoms with Crippen molar-refractivity contribution in [1.29, 1.82) is 0 Å². The lowest BCUT2D eigenvalue weighted by atomic mass is 10.1. The average molecular weight is 375 g/mol. The zero-order valence-corrected chi connectivity index (χ0v) is 15.3. The number of rotatable bonds is 3. The van der Waals surface area contributed by atoms with Crippen LogP contribution in [0.25, 0.3) is 22.6 Å². The number of hydrogen-bond acceptors (Lipinski definition) is 6. The van der Waals surface area contributed by atoms with Crippen molar-refractivity contribution in [3.8, 4) is 11.4 Å². The van der Waals surface area contributed by atoms with Crippen molar-refractivity contribution < 1.29 is 4.39 Å². The van der Waals surface area contributed by atoms with Gasteiger partial charge in [-0.2, -0.15) is 0 Å². The number of nitrogen functional groups attached to an aromatic ring is 1. The summed E-state index contributed by atoms with van der Waals surface area (Å²) in [5.74, 6) is 1.01. The van der Waals surface area contributed by atoms with Gasteiger partial charge in [-0.15, -0.1) is 0 Å². The van der Waals surface area contributed by atoms with Crippen LogP contribution in [0.15, 0.2) is 36.7 Å². The van der Waals surface area contributed by atoms with E-state index in [0.29, 0.717) is 40.7 Å². The molecule has 0 fully saturated rings. The first kappa shape index (κ1) is 16.8. The van der Waals surface area contributed by atoms with Crippen LogP contribution in [0.4, 0.5) is 10.2 Å². The third-order valence-electron chi connectivity index (χ3n) is 4.94. The average Bonchev–Trinajstić information content (AvgIpc) is 3.27. The molecule has 140 valence electrons. The quantitative estimate of drug-likeness (QED) is 0.572. The number of nitrogens with one attached hydrogen (secondary N) is 1. The van der Waals surface area contributed by atoms with Crippen molar-refractivity contribution >= 4 is 17.0 Å². The van der Waals surface area contributed by atoms with Crippen molar-refractivity contribution in [2.45, 2.75) is 26.6 Å². The minimum atomic E-state index is -0.421. The first-order chi connectivity index (χ1) is 13.6. The Kier molecular flexibility index (Phi) is 3.80. The van der Waals surface area contributed by atoms with Crippen LogP contribution in [0.5, 0.6) is 0 Å². The Morgan fingerprint density at radius 1 is 1.11 bits per heavy atom. The standard InChI is InChI=1S/C20H18FN7/c1-11-25-18(22)17-20(26-11)28(19(27-17)15-5-16(21)9-24-8-15)10-12-2-3-13-6-23-7-14(13)4-12/h2-5,8-9,23H,6-7,10H2,1H3,(H2,22,25,26). The number of aromatic nitrogens is 5. The van der Waals surface area contributed by atoms with E-state index in [1.165, 1.54) is 23.4 Å². The maximum atomic E-state index is 13.8. The van der Waals surface area contributed by atoms with E-state index in [1.54, 1.807) is 13.1 Å². The zero-order chi connectivity index (χ0) is 19.3. The summed E-state index contributed by atoms with van der Waals surface area (Å²) in [5.41, 5.74) is 11.5. The molecular formula is C20H18FN7. The van der Waals surface area contributed by atoms with Crippen molar-refractivity contribution in [2.75, 3.05) is 5.73 Å². The largest absolute Gasteiger partial charge is 0.382 e. The van der Waals surface area contributed by atoms with Crippen LogP contribution in [-0.2, 0) is 19.6 Å². The van der Waals surface area contributed by atoms with E-state index in [2.05, 4.69) is 43.5 Å². The number of pyridine rings is 1. The number of aryl methyl sites for hydroxylation is 1. The van der Waals surface area contributed by atoms with Crippen LogP contribution in [0.2, 0.25) is 0 Å². The Morgan fingerprint density at radius 3 is 2.82 bits per heavy atom. The lowest BCUT2D eigenvalue weighted by Crippen LogP contribution is -2.06. The van der Waals surface area contributed by atoms with Crippen LogP contribution < -0.4 is 11.1 Å². The lowest BCUT2D eigenvalue weighted by molar-refractivity contribution is 0.621. The predicted molar refractivity (Wildman–Crippen MR) is 104 cm³/mol. The molecule has 0 bridgehead atoms. The van der Waals surface area contributed by atoms with Gasteiger partial charge in [0.25, 0.3) is 0 Å². The molecule has 3 N–H and O–H groups in total. The summed E-state index contributed by atoms with van der Waals surface area (Å²) in [6.07, 6.45) is 2.76. The predicted octanol–water partition coefficient (Wildman–Crippen LogP) is 2.57. The monoisotopic (exact) mass is 375 g/mol. The van der Waals surface area contributed by atoms with Gasteiger partial charge in [0, 0.05) is 24.8 Å². The van der Waals surface area contributed by atoms with E-state index in [1.807, 2.05) is 4.57 Å². The number of benzene rings is 1. The molecule has 4 heterocycles. The Morgan fingerprint density at radius 2 is 1.96 bits per heavy atom. The zero-order valence-electron chi connectivity index (χ0n) is 15.3. The van der Waals surface area contributed by atoms with Gasteiger partial charge in [-0.3, -0.25) is 4.98 Å². The summed E-state index contributed by atoms with van der Waals surface area (Å²) >= 11 is 0. The second kappa shape index (κ2) is 6.35. The molecule has 0 unspecified atom stereocenters. The maximum absolute atomic E-state index is 13.8. The fourth-order valence-corrected chi connectivity index (χ4v) is 3.67. The number of halogens is 1. The van der Waals surface area contributed by atoms with E-state index < -0.39 is 5.82 Å². The summed E-state index contributed by atoms with van der Waals surface area (Å²) in [6.45, 7) is 4.08. The minimum Gasteiger partial charge on any atom is -0.382 e. The molecule has 1 aromatic carbocycles. The molecule has 3 aromatic heterocycles. The van der Waals surface area contributed by atoms with Gasteiger partial charge in [0.15, 0.2) is 17.0 Å². The van der Waals surface area contributed by atoms with Crippen LogP contribution in [0.1, 0.15) is 22.5 Å². The van der Waals surface area contributed by atoms with Gasteiger partial charge in [-0.1, -0.05) is 18.2 Å². The number of hydrogen-bond donors (Lipinski definition) is 2. The van der Waals surface area contributed by atoms with Crippen LogP contribution >= 0.6 is 0 Å². The summed E-state index contributed by atoms with van der Waals surface area (Å²) in [4.78, 5) is 17.4. The van der Waals surface area contributed by atoms with E-state index >= 15 is 0 Å². The van der Waals surface area contributed by atoms with Gasteiger partial charge in [0.05, 0.1) is 12.7 Å². The molecule has 0 saturated carbocycles.